The number of aromatic nitrogens is 2. The molecule has 0 aliphatic heterocycles. The number of carbonyl (C=O) groups is 1. The lowest BCUT2D eigenvalue weighted by Crippen LogP contribution is -2.16. The van der Waals surface area contributed by atoms with Crippen LogP contribution in [-0.4, -0.2) is 22.8 Å². The molecule has 1 N–H and O–H groups in total. The summed E-state index contributed by atoms with van der Waals surface area (Å²) in [5.41, 5.74) is 2.17. The predicted octanol–water partition coefficient (Wildman–Crippen LogP) is 3.46. The number of nitrogens with one attached hydrogen (secondary N) is 1. The van der Waals surface area contributed by atoms with E-state index in [0.29, 0.717) is 17.1 Å². The average molecular weight is 301 g/mol. The van der Waals surface area contributed by atoms with Crippen LogP contribution in [-0.2, 0) is 12.0 Å². The monoisotopic (exact) mass is 301 g/mol. The van der Waals surface area contributed by atoms with Crippen molar-refractivity contribution in [1.29, 1.82) is 0 Å². The Morgan fingerprint density at radius 2 is 2.05 bits per heavy atom. The minimum absolute atomic E-state index is 0.00443. The fourth-order valence-electron chi connectivity index (χ4n) is 2.12. The Morgan fingerprint density at radius 1 is 1.32 bits per heavy atom. The summed E-state index contributed by atoms with van der Waals surface area (Å²) in [6.07, 6.45) is 1.79. The molecule has 1 aromatic carbocycles. The quantitative estimate of drug-likeness (QED) is 0.941. The standard InChI is InChI=1S/C17H23N3O2/c1-6-20-10-9-13(19-20)16(21)18-14-11-12(17(2,3)4)7-8-15(14)22-5/h7-11H,6H2,1-5H3,(H,18,21). The van der Waals surface area contributed by atoms with Crippen LogP contribution in [0, 0.1) is 0 Å². The molecule has 0 spiro atoms. The largest absolute Gasteiger partial charge is 0.495 e. The van der Waals surface area contributed by atoms with Crippen molar-refractivity contribution in [2.24, 2.45) is 0 Å². The number of hydrogen-bond donors (Lipinski definition) is 1. The second kappa shape index (κ2) is 6.22. The van der Waals surface area contributed by atoms with E-state index in [1.807, 2.05) is 25.1 Å². The van der Waals surface area contributed by atoms with Gasteiger partial charge in [-0.05, 0) is 36.1 Å². The van der Waals surface area contributed by atoms with E-state index < -0.39 is 0 Å². The van der Waals surface area contributed by atoms with Crippen LogP contribution in [0.5, 0.6) is 5.75 Å². The summed E-state index contributed by atoms with van der Waals surface area (Å²) in [6.45, 7) is 9.09. The van der Waals surface area contributed by atoms with Crippen molar-refractivity contribution in [3.05, 3.63) is 41.7 Å². The molecule has 5 nitrogen and oxygen atoms in total. The zero-order valence-electron chi connectivity index (χ0n) is 13.8. The number of carbonyl (C=O) groups excluding carboxylic acids is 1. The first-order valence-corrected chi connectivity index (χ1v) is 7.38. The van der Waals surface area contributed by atoms with Gasteiger partial charge in [-0.15, -0.1) is 0 Å². The van der Waals surface area contributed by atoms with Gasteiger partial charge >= 0.3 is 0 Å². The first-order chi connectivity index (χ1) is 10.3. The number of aryl methyl sites for hydroxylation is 1. The Labute approximate surface area is 131 Å². The van der Waals surface area contributed by atoms with Gasteiger partial charge in [-0.2, -0.15) is 5.10 Å². The van der Waals surface area contributed by atoms with Crippen LogP contribution in [0.1, 0.15) is 43.7 Å². The highest BCUT2D eigenvalue weighted by Gasteiger charge is 2.18. The smallest absolute Gasteiger partial charge is 0.276 e. The SMILES string of the molecule is CCn1ccc(C(=O)Nc2cc(C(C)(C)C)ccc2OC)n1. The molecule has 0 unspecified atom stereocenters. The van der Waals surface area contributed by atoms with E-state index in [2.05, 4.69) is 31.2 Å². The summed E-state index contributed by atoms with van der Waals surface area (Å²) < 4.78 is 7.06. The Morgan fingerprint density at radius 3 is 2.59 bits per heavy atom. The van der Waals surface area contributed by atoms with Crippen LogP contribution in [0.3, 0.4) is 0 Å². The molecule has 1 aromatic heterocycles. The molecule has 2 aromatic rings. The van der Waals surface area contributed by atoms with E-state index in [4.69, 9.17) is 4.74 Å². The van der Waals surface area contributed by atoms with Crippen LogP contribution in [0.4, 0.5) is 5.69 Å². The number of hydrogen-bond acceptors (Lipinski definition) is 3. The van der Waals surface area contributed by atoms with Gasteiger partial charge in [0.05, 0.1) is 12.8 Å². The molecule has 0 radical (unpaired) electrons. The molecule has 1 heterocycles. The summed E-state index contributed by atoms with van der Waals surface area (Å²) in [5.74, 6) is 0.396. The molecular formula is C17H23N3O2. The van der Waals surface area contributed by atoms with Crippen molar-refractivity contribution in [3.63, 3.8) is 0 Å². The van der Waals surface area contributed by atoms with Crippen LogP contribution >= 0.6 is 0 Å². The Bertz CT molecular complexity index is 669. The van der Waals surface area contributed by atoms with Crippen molar-refractivity contribution in [2.45, 2.75) is 39.7 Å². The molecule has 1 amide bonds. The number of rotatable bonds is 4. The molecule has 0 atom stereocenters. The molecule has 0 aliphatic rings. The van der Waals surface area contributed by atoms with E-state index in [-0.39, 0.29) is 11.3 Å². The first kappa shape index (κ1) is 16.1. The molecule has 0 fully saturated rings. The third-order valence-corrected chi connectivity index (χ3v) is 3.51. The zero-order chi connectivity index (χ0) is 16.3. The molecular weight excluding hydrogens is 278 g/mol. The van der Waals surface area contributed by atoms with E-state index in [1.54, 1.807) is 24.1 Å². The summed E-state index contributed by atoms with van der Waals surface area (Å²) >= 11 is 0. The highest BCUT2D eigenvalue weighted by atomic mass is 16.5. The number of anilines is 1. The van der Waals surface area contributed by atoms with E-state index in [9.17, 15) is 4.79 Å². The van der Waals surface area contributed by atoms with Gasteiger partial charge in [0.2, 0.25) is 0 Å². The highest BCUT2D eigenvalue weighted by Crippen LogP contribution is 2.31. The number of amides is 1. The first-order valence-electron chi connectivity index (χ1n) is 7.38. The number of ether oxygens (including phenoxy) is 1. The lowest BCUT2D eigenvalue weighted by atomic mass is 9.87. The maximum atomic E-state index is 12.3. The van der Waals surface area contributed by atoms with Gasteiger partial charge < -0.3 is 10.1 Å². The predicted molar refractivity (Wildman–Crippen MR) is 87.5 cm³/mol. The minimum atomic E-state index is -0.239. The van der Waals surface area contributed by atoms with Crippen LogP contribution < -0.4 is 10.1 Å². The molecule has 0 saturated carbocycles. The third-order valence-electron chi connectivity index (χ3n) is 3.51. The number of benzene rings is 1. The summed E-state index contributed by atoms with van der Waals surface area (Å²) in [4.78, 5) is 12.3. The minimum Gasteiger partial charge on any atom is -0.495 e. The Hall–Kier alpha value is -2.30. The fourth-order valence-corrected chi connectivity index (χ4v) is 2.12. The zero-order valence-corrected chi connectivity index (χ0v) is 13.8. The Kier molecular flexibility index (Phi) is 4.54. The van der Waals surface area contributed by atoms with Crippen molar-refractivity contribution in [1.82, 2.24) is 9.78 Å². The molecule has 0 bridgehead atoms. The van der Waals surface area contributed by atoms with Crippen molar-refractivity contribution >= 4 is 11.6 Å². The maximum Gasteiger partial charge on any atom is 0.276 e. The van der Waals surface area contributed by atoms with Crippen LogP contribution in [0.15, 0.2) is 30.5 Å². The second-order valence-corrected chi connectivity index (χ2v) is 6.18. The van der Waals surface area contributed by atoms with Crippen LogP contribution in [0.25, 0.3) is 0 Å². The van der Waals surface area contributed by atoms with Crippen molar-refractivity contribution in [3.8, 4) is 5.75 Å². The molecule has 118 valence electrons. The van der Waals surface area contributed by atoms with Crippen molar-refractivity contribution in [2.75, 3.05) is 12.4 Å². The number of methoxy groups -OCH3 is 1. The van der Waals surface area contributed by atoms with Gasteiger partial charge in [-0.1, -0.05) is 26.8 Å². The molecule has 2 rings (SSSR count). The van der Waals surface area contributed by atoms with Crippen LogP contribution in [0.2, 0.25) is 0 Å². The van der Waals surface area contributed by atoms with E-state index in [0.717, 1.165) is 12.1 Å². The lowest BCUT2D eigenvalue weighted by molar-refractivity contribution is 0.102. The second-order valence-electron chi connectivity index (χ2n) is 6.18. The summed E-state index contributed by atoms with van der Waals surface area (Å²) in [7, 11) is 1.59. The van der Waals surface area contributed by atoms with Gasteiger partial charge in [0.25, 0.3) is 5.91 Å². The van der Waals surface area contributed by atoms with E-state index in [1.165, 1.54) is 0 Å². The normalized spacial score (nSPS) is 11.3. The van der Waals surface area contributed by atoms with Gasteiger partial charge in [-0.3, -0.25) is 9.48 Å². The molecule has 5 heteroatoms. The maximum absolute atomic E-state index is 12.3. The molecule has 0 saturated heterocycles. The highest BCUT2D eigenvalue weighted by molar-refractivity contribution is 6.03. The lowest BCUT2D eigenvalue weighted by Gasteiger charge is -2.21. The van der Waals surface area contributed by atoms with Gasteiger partial charge in [0.1, 0.15) is 5.75 Å². The summed E-state index contributed by atoms with van der Waals surface area (Å²) in [6, 6.07) is 7.55. The third kappa shape index (κ3) is 3.47. The molecule has 0 aliphatic carbocycles. The topological polar surface area (TPSA) is 56.2 Å². The number of nitrogens with zero attached hydrogens (tertiary/aromatic N) is 2. The fraction of sp³-hybridized carbons (Fsp3) is 0.412. The molecule has 22 heavy (non-hydrogen) atoms. The van der Waals surface area contributed by atoms with Gasteiger partial charge in [0.15, 0.2) is 5.69 Å². The summed E-state index contributed by atoms with van der Waals surface area (Å²) in [5, 5.41) is 7.10. The van der Waals surface area contributed by atoms with Gasteiger partial charge in [-0.25, -0.2) is 0 Å². The van der Waals surface area contributed by atoms with E-state index >= 15 is 0 Å². The average Bonchev–Trinajstić information content (AvgIpc) is 2.95. The van der Waals surface area contributed by atoms with Crippen molar-refractivity contribution < 1.29 is 9.53 Å². The Balaban J connectivity index is 2.29. The van der Waals surface area contributed by atoms with Gasteiger partial charge in [0, 0.05) is 12.7 Å².